The second-order valence-electron chi connectivity index (χ2n) is 7.32. The number of fused-ring (bicyclic) bond motifs is 1. The Kier molecular flexibility index (Phi) is 5.51. The van der Waals surface area contributed by atoms with Crippen molar-refractivity contribution in [1.82, 2.24) is 15.2 Å². The van der Waals surface area contributed by atoms with Crippen LogP contribution in [0.3, 0.4) is 0 Å². The molecule has 4 rings (SSSR count). The molecule has 1 aliphatic carbocycles. The lowest BCUT2D eigenvalue weighted by Gasteiger charge is -2.23. The number of hydrazone groups is 1. The summed E-state index contributed by atoms with van der Waals surface area (Å²) in [6, 6.07) is 17.6. The maximum atomic E-state index is 12.8. The number of carbonyl (C=O) groups excluding carboxylic acids is 1. The molecule has 1 aromatic heterocycles. The topological polar surface area (TPSA) is 76.3 Å². The fraction of sp³-hybridized carbons (Fsp3) is 0.304. The molecule has 1 fully saturated rings. The van der Waals surface area contributed by atoms with E-state index < -0.39 is 0 Å². The summed E-state index contributed by atoms with van der Waals surface area (Å²) in [5.74, 6) is 0.158. The van der Waals surface area contributed by atoms with Crippen molar-refractivity contribution >= 4 is 22.4 Å². The molecule has 1 N–H and O–H groups in total. The fourth-order valence-electron chi connectivity index (χ4n) is 3.92. The molecule has 6 heteroatoms. The van der Waals surface area contributed by atoms with Crippen molar-refractivity contribution in [3.63, 3.8) is 0 Å². The van der Waals surface area contributed by atoms with Gasteiger partial charge in [0.05, 0.1) is 5.39 Å². The van der Waals surface area contributed by atoms with Crippen molar-refractivity contribution in [3.05, 3.63) is 76.2 Å². The number of hydrogen-bond donors (Lipinski definition) is 1. The van der Waals surface area contributed by atoms with Crippen LogP contribution in [0.1, 0.15) is 54.6 Å². The lowest BCUT2D eigenvalue weighted by atomic mass is 9.83. The van der Waals surface area contributed by atoms with Gasteiger partial charge in [-0.3, -0.25) is 9.59 Å². The molecule has 0 bridgehead atoms. The van der Waals surface area contributed by atoms with Crippen LogP contribution in [-0.2, 0) is 6.54 Å². The molecule has 0 radical (unpaired) electrons. The van der Waals surface area contributed by atoms with E-state index in [9.17, 15) is 9.59 Å². The Balaban J connectivity index is 1.49. The Bertz CT molecular complexity index is 1110. The Morgan fingerprint density at radius 3 is 2.41 bits per heavy atom. The van der Waals surface area contributed by atoms with Gasteiger partial charge < -0.3 is 0 Å². The first-order chi connectivity index (χ1) is 14.2. The van der Waals surface area contributed by atoms with E-state index in [1.165, 1.54) is 10.2 Å². The first-order valence-electron chi connectivity index (χ1n) is 10.1. The molecule has 3 aromatic rings. The van der Waals surface area contributed by atoms with E-state index in [4.69, 9.17) is 0 Å². The minimum Gasteiger partial charge on any atom is -0.267 e. The number of nitrogens with one attached hydrogen (secondary N) is 1. The Morgan fingerprint density at radius 1 is 1.07 bits per heavy atom. The SMILES string of the molecule is CCn1nc(C(=O)NN=C2CCC(c3ccccc3)CC2)c2ccccc2c1=O. The Labute approximate surface area is 169 Å². The van der Waals surface area contributed by atoms with Crippen LogP contribution in [0.25, 0.3) is 10.8 Å². The zero-order chi connectivity index (χ0) is 20.2. The summed E-state index contributed by atoms with van der Waals surface area (Å²) in [6.45, 7) is 2.23. The molecule has 0 saturated heterocycles. The maximum Gasteiger partial charge on any atom is 0.292 e. The van der Waals surface area contributed by atoms with Crippen LogP contribution in [-0.4, -0.2) is 21.4 Å². The lowest BCUT2D eigenvalue weighted by molar-refractivity contribution is 0.0949. The third kappa shape index (κ3) is 3.97. The average Bonchev–Trinajstić information content (AvgIpc) is 2.79. The number of hydrogen-bond acceptors (Lipinski definition) is 4. The highest BCUT2D eigenvalue weighted by atomic mass is 16.2. The van der Waals surface area contributed by atoms with Crippen LogP contribution < -0.4 is 11.0 Å². The van der Waals surface area contributed by atoms with E-state index in [-0.39, 0.29) is 17.2 Å². The summed E-state index contributed by atoms with van der Waals surface area (Å²) in [4.78, 5) is 25.2. The summed E-state index contributed by atoms with van der Waals surface area (Å²) in [5, 5.41) is 9.66. The van der Waals surface area contributed by atoms with E-state index >= 15 is 0 Å². The summed E-state index contributed by atoms with van der Waals surface area (Å²) in [5.41, 5.74) is 5.06. The van der Waals surface area contributed by atoms with Crippen molar-refractivity contribution in [3.8, 4) is 0 Å². The maximum absolute atomic E-state index is 12.8. The number of aromatic nitrogens is 2. The van der Waals surface area contributed by atoms with Gasteiger partial charge in [-0.15, -0.1) is 0 Å². The lowest BCUT2D eigenvalue weighted by Crippen LogP contribution is -2.29. The molecule has 0 unspecified atom stereocenters. The highest BCUT2D eigenvalue weighted by Crippen LogP contribution is 2.31. The summed E-state index contributed by atoms with van der Waals surface area (Å²) < 4.78 is 1.31. The van der Waals surface area contributed by atoms with E-state index in [0.717, 1.165) is 31.4 Å². The highest BCUT2D eigenvalue weighted by Gasteiger charge is 2.20. The molecule has 29 heavy (non-hydrogen) atoms. The Hall–Kier alpha value is -3.28. The second kappa shape index (κ2) is 8.39. The molecule has 1 amide bonds. The van der Waals surface area contributed by atoms with Crippen LogP contribution in [0.5, 0.6) is 0 Å². The minimum atomic E-state index is -0.388. The number of amides is 1. The van der Waals surface area contributed by atoms with Crippen LogP contribution in [0.2, 0.25) is 0 Å². The van der Waals surface area contributed by atoms with E-state index in [1.54, 1.807) is 24.3 Å². The molecular formula is C23H24N4O2. The minimum absolute atomic E-state index is 0.190. The fourth-order valence-corrected chi connectivity index (χ4v) is 3.92. The van der Waals surface area contributed by atoms with Gasteiger partial charge in [0.25, 0.3) is 11.5 Å². The number of rotatable bonds is 4. The van der Waals surface area contributed by atoms with E-state index in [1.807, 2.05) is 13.0 Å². The highest BCUT2D eigenvalue weighted by molar-refractivity contribution is 6.05. The average molecular weight is 388 g/mol. The van der Waals surface area contributed by atoms with Gasteiger partial charge in [0, 0.05) is 17.6 Å². The molecule has 0 aliphatic heterocycles. The zero-order valence-corrected chi connectivity index (χ0v) is 16.5. The van der Waals surface area contributed by atoms with Gasteiger partial charge in [-0.1, -0.05) is 48.5 Å². The van der Waals surface area contributed by atoms with Gasteiger partial charge in [-0.25, -0.2) is 10.1 Å². The quantitative estimate of drug-likeness (QED) is 0.690. The van der Waals surface area contributed by atoms with Gasteiger partial charge >= 0.3 is 0 Å². The van der Waals surface area contributed by atoms with Gasteiger partial charge in [0.15, 0.2) is 5.69 Å². The van der Waals surface area contributed by atoms with Crippen molar-refractivity contribution in [1.29, 1.82) is 0 Å². The molecule has 1 saturated carbocycles. The molecule has 2 aromatic carbocycles. The largest absolute Gasteiger partial charge is 0.292 e. The molecule has 148 valence electrons. The van der Waals surface area contributed by atoms with Gasteiger partial charge in [-0.05, 0) is 50.2 Å². The first kappa shape index (κ1) is 19.1. The monoisotopic (exact) mass is 388 g/mol. The molecule has 0 spiro atoms. The molecule has 1 aliphatic rings. The predicted octanol–water partition coefficient (Wildman–Crippen LogP) is 3.86. The van der Waals surface area contributed by atoms with Crippen LogP contribution >= 0.6 is 0 Å². The van der Waals surface area contributed by atoms with Gasteiger partial charge in [0.1, 0.15) is 0 Å². The zero-order valence-electron chi connectivity index (χ0n) is 16.5. The van der Waals surface area contributed by atoms with Gasteiger partial charge in [0.2, 0.25) is 0 Å². The number of benzene rings is 2. The van der Waals surface area contributed by atoms with E-state index in [2.05, 4.69) is 39.9 Å². The number of nitrogens with zero attached hydrogens (tertiary/aromatic N) is 3. The molecular weight excluding hydrogens is 364 g/mol. The third-order valence-corrected chi connectivity index (χ3v) is 5.53. The van der Waals surface area contributed by atoms with Crippen LogP contribution in [0.15, 0.2) is 64.5 Å². The van der Waals surface area contributed by atoms with Crippen LogP contribution in [0, 0.1) is 0 Å². The molecule has 1 heterocycles. The number of aryl methyl sites for hydroxylation is 1. The van der Waals surface area contributed by atoms with Crippen molar-refractivity contribution in [2.75, 3.05) is 0 Å². The molecule has 0 atom stereocenters. The summed E-state index contributed by atoms with van der Waals surface area (Å²) in [6.07, 6.45) is 3.78. The van der Waals surface area contributed by atoms with Crippen molar-refractivity contribution in [2.24, 2.45) is 5.10 Å². The van der Waals surface area contributed by atoms with E-state index in [0.29, 0.717) is 23.2 Å². The number of carbonyl (C=O) groups is 1. The van der Waals surface area contributed by atoms with Crippen molar-refractivity contribution < 1.29 is 4.79 Å². The normalized spacial score (nSPS) is 16.6. The van der Waals surface area contributed by atoms with Crippen molar-refractivity contribution in [2.45, 2.75) is 45.1 Å². The first-order valence-corrected chi connectivity index (χ1v) is 10.1. The smallest absolute Gasteiger partial charge is 0.267 e. The molecule has 6 nitrogen and oxygen atoms in total. The summed E-state index contributed by atoms with van der Waals surface area (Å²) >= 11 is 0. The van der Waals surface area contributed by atoms with Gasteiger partial charge in [-0.2, -0.15) is 10.2 Å². The standard InChI is InChI=1S/C23H24N4O2/c1-2-27-23(29)20-11-7-6-10-19(20)21(26-27)22(28)25-24-18-14-12-17(13-15-18)16-8-4-3-5-9-16/h3-11,17H,2,12-15H2,1H3,(H,25,28). The second-order valence-corrected chi connectivity index (χ2v) is 7.32. The third-order valence-electron chi connectivity index (χ3n) is 5.53. The van der Waals surface area contributed by atoms with Crippen LogP contribution in [0.4, 0.5) is 0 Å². The summed E-state index contributed by atoms with van der Waals surface area (Å²) in [7, 11) is 0. The Morgan fingerprint density at radius 2 is 1.72 bits per heavy atom. The predicted molar refractivity (Wildman–Crippen MR) is 114 cm³/mol.